The molecule has 2 heterocycles. The second kappa shape index (κ2) is 7.14. The third-order valence-electron chi connectivity index (χ3n) is 5.40. The highest BCUT2D eigenvalue weighted by molar-refractivity contribution is 9.10. The quantitative estimate of drug-likeness (QED) is 0.327. The molecule has 2 aliphatic rings. The van der Waals surface area contributed by atoms with Crippen LogP contribution in [0.2, 0.25) is 0 Å². The van der Waals surface area contributed by atoms with Crippen molar-refractivity contribution >= 4 is 33.0 Å². The Morgan fingerprint density at radius 3 is 2.70 bits per heavy atom. The zero-order valence-corrected chi connectivity index (χ0v) is 17.3. The summed E-state index contributed by atoms with van der Waals surface area (Å²) in [5.74, 6) is 0.805. The molecule has 30 heavy (non-hydrogen) atoms. The summed E-state index contributed by atoms with van der Waals surface area (Å²) in [6.07, 6.45) is 0.224. The second-order valence-corrected chi connectivity index (χ2v) is 8.16. The van der Waals surface area contributed by atoms with Crippen LogP contribution in [-0.4, -0.2) is 15.6 Å². The number of fused-ring (bicyclic) bond motifs is 3. The predicted octanol–water partition coefficient (Wildman–Crippen LogP) is 5.18. The lowest BCUT2D eigenvalue weighted by Crippen LogP contribution is -2.33. The van der Waals surface area contributed by atoms with Crippen LogP contribution in [0.25, 0.3) is 0 Å². The van der Waals surface area contributed by atoms with Gasteiger partial charge in [0.2, 0.25) is 6.23 Å². The molecule has 0 radical (unpaired) electrons. The topological polar surface area (TPSA) is 94.0 Å². The first-order valence-electron chi connectivity index (χ1n) is 9.42. The van der Waals surface area contributed by atoms with Crippen LogP contribution >= 0.6 is 15.9 Å². The maximum absolute atomic E-state index is 11.3. The number of anilines is 1. The lowest BCUT2D eigenvalue weighted by atomic mass is 9.95. The zero-order valence-electron chi connectivity index (χ0n) is 15.7. The fourth-order valence-corrected chi connectivity index (χ4v) is 4.29. The van der Waals surface area contributed by atoms with Crippen LogP contribution in [-0.2, 0) is 0 Å². The van der Waals surface area contributed by atoms with Crippen molar-refractivity contribution in [2.75, 3.05) is 5.73 Å². The van der Waals surface area contributed by atoms with Crippen molar-refractivity contribution in [3.8, 4) is 5.75 Å². The second-order valence-electron chi connectivity index (χ2n) is 7.24. The minimum Gasteiger partial charge on any atom is -0.464 e. The van der Waals surface area contributed by atoms with Gasteiger partial charge in [-0.15, -0.1) is 0 Å². The Bertz CT molecular complexity index is 1180. The molecule has 2 unspecified atom stereocenters. The average molecular weight is 465 g/mol. The third kappa shape index (κ3) is 3.09. The minimum atomic E-state index is -0.468. The van der Waals surface area contributed by atoms with Crippen LogP contribution < -0.4 is 10.5 Å². The van der Waals surface area contributed by atoms with Gasteiger partial charge in [0, 0.05) is 33.7 Å². The van der Waals surface area contributed by atoms with Gasteiger partial charge in [0.25, 0.3) is 5.69 Å². The number of nitro benzene ring substituents is 1. The minimum absolute atomic E-state index is 0.0290. The Balaban J connectivity index is 1.60. The van der Waals surface area contributed by atoms with Crippen molar-refractivity contribution < 1.29 is 9.66 Å². The van der Waals surface area contributed by atoms with E-state index in [9.17, 15) is 10.1 Å². The van der Waals surface area contributed by atoms with Crippen molar-refractivity contribution in [2.24, 2.45) is 5.10 Å². The number of hydrogen-bond acceptors (Lipinski definition) is 6. The maximum Gasteiger partial charge on any atom is 0.292 e. The summed E-state index contributed by atoms with van der Waals surface area (Å²) >= 11 is 3.52. The fraction of sp³-hybridized carbons (Fsp3) is 0.136. The van der Waals surface area contributed by atoms with Crippen molar-refractivity contribution in [2.45, 2.75) is 18.7 Å². The molecule has 0 saturated heterocycles. The molecule has 0 saturated carbocycles. The van der Waals surface area contributed by atoms with Crippen molar-refractivity contribution in [3.05, 3.63) is 98.0 Å². The average Bonchev–Trinajstić information content (AvgIpc) is 3.19. The summed E-state index contributed by atoms with van der Waals surface area (Å²) in [7, 11) is 0. The first-order valence-corrected chi connectivity index (χ1v) is 10.2. The van der Waals surface area contributed by atoms with Crippen LogP contribution in [0.1, 0.15) is 35.4 Å². The Hall–Kier alpha value is -3.39. The highest BCUT2D eigenvalue weighted by atomic mass is 79.9. The number of ether oxygens (including phenoxy) is 1. The van der Waals surface area contributed by atoms with Gasteiger partial charge >= 0.3 is 0 Å². The zero-order chi connectivity index (χ0) is 20.8. The van der Waals surface area contributed by atoms with E-state index < -0.39 is 4.92 Å². The number of rotatable bonds is 3. The molecule has 2 aliphatic heterocycles. The first kappa shape index (κ1) is 18.6. The molecule has 3 aromatic carbocycles. The summed E-state index contributed by atoms with van der Waals surface area (Å²) in [6, 6.07) is 20.7. The maximum atomic E-state index is 11.3. The largest absolute Gasteiger partial charge is 0.464 e. The fourth-order valence-electron chi connectivity index (χ4n) is 3.95. The Labute approximate surface area is 181 Å². The lowest BCUT2D eigenvalue weighted by Gasteiger charge is -2.38. The molecule has 0 amide bonds. The van der Waals surface area contributed by atoms with E-state index in [0.717, 1.165) is 27.1 Å². The van der Waals surface area contributed by atoms with Gasteiger partial charge in [-0.3, -0.25) is 10.1 Å². The Morgan fingerprint density at radius 2 is 1.93 bits per heavy atom. The number of nitrogens with two attached hydrogens (primary N) is 1. The van der Waals surface area contributed by atoms with Gasteiger partial charge in [0.05, 0.1) is 16.7 Å². The number of nitrogen functional groups attached to an aromatic ring is 1. The predicted molar refractivity (Wildman–Crippen MR) is 117 cm³/mol. The summed E-state index contributed by atoms with van der Waals surface area (Å²) < 4.78 is 7.28. The molecule has 0 aromatic heterocycles. The summed E-state index contributed by atoms with van der Waals surface area (Å²) in [4.78, 5) is 10.9. The Morgan fingerprint density at radius 1 is 1.13 bits per heavy atom. The third-order valence-corrected chi connectivity index (χ3v) is 5.89. The monoisotopic (exact) mass is 464 g/mol. The van der Waals surface area contributed by atoms with Gasteiger partial charge in [-0.25, -0.2) is 5.01 Å². The van der Waals surface area contributed by atoms with E-state index in [-0.39, 0.29) is 23.6 Å². The van der Waals surface area contributed by atoms with Crippen molar-refractivity contribution in [1.29, 1.82) is 0 Å². The van der Waals surface area contributed by atoms with E-state index >= 15 is 0 Å². The molecule has 3 aromatic rings. The van der Waals surface area contributed by atoms with Crippen LogP contribution in [0.15, 0.2) is 76.3 Å². The van der Waals surface area contributed by atoms with E-state index in [1.165, 1.54) is 6.07 Å². The van der Waals surface area contributed by atoms with Gasteiger partial charge in [-0.05, 0) is 18.2 Å². The highest BCUT2D eigenvalue weighted by Gasteiger charge is 2.41. The molecule has 0 spiro atoms. The number of hydrogen-bond donors (Lipinski definition) is 1. The summed E-state index contributed by atoms with van der Waals surface area (Å²) in [5.41, 5.74) is 9.27. The normalized spacial score (nSPS) is 19.5. The number of nitrogens with zero attached hydrogens (tertiary/aromatic N) is 3. The summed E-state index contributed by atoms with van der Waals surface area (Å²) in [6.45, 7) is 0. The Kier molecular flexibility index (Phi) is 4.43. The van der Waals surface area contributed by atoms with Crippen LogP contribution in [0, 0.1) is 10.1 Å². The van der Waals surface area contributed by atoms with Crippen LogP contribution in [0.4, 0.5) is 11.4 Å². The first-order chi connectivity index (χ1) is 14.5. The number of nitro groups is 1. The SMILES string of the molecule is Nc1ccc(C2=NN3C(C2)c2ccc(Br)cc2OC3c2ccccc2)cc1[N+](=O)[O-]. The van der Waals surface area contributed by atoms with Gasteiger partial charge < -0.3 is 10.5 Å². The van der Waals surface area contributed by atoms with E-state index in [0.29, 0.717) is 12.0 Å². The van der Waals surface area contributed by atoms with E-state index in [2.05, 4.69) is 15.9 Å². The molecule has 0 aliphatic carbocycles. The smallest absolute Gasteiger partial charge is 0.292 e. The van der Waals surface area contributed by atoms with E-state index in [1.54, 1.807) is 12.1 Å². The van der Waals surface area contributed by atoms with Crippen LogP contribution in [0.5, 0.6) is 5.75 Å². The molecular weight excluding hydrogens is 448 g/mol. The molecule has 150 valence electrons. The molecule has 8 heteroatoms. The van der Waals surface area contributed by atoms with Crippen molar-refractivity contribution in [3.63, 3.8) is 0 Å². The van der Waals surface area contributed by atoms with Gasteiger partial charge in [0.1, 0.15) is 11.4 Å². The number of hydrazone groups is 1. The summed E-state index contributed by atoms with van der Waals surface area (Å²) in [5, 5.41) is 18.1. The molecule has 2 atom stereocenters. The lowest BCUT2D eigenvalue weighted by molar-refractivity contribution is -0.383. The molecule has 7 nitrogen and oxygen atoms in total. The number of benzene rings is 3. The molecule has 5 rings (SSSR count). The van der Waals surface area contributed by atoms with Crippen molar-refractivity contribution in [1.82, 2.24) is 5.01 Å². The van der Waals surface area contributed by atoms with E-state index in [4.69, 9.17) is 15.6 Å². The van der Waals surface area contributed by atoms with Crippen LogP contribution in [0.3, 0.4) is 0 Å². The molecule has 2 N–H and O–H groups in total. The standard InChI is InChI=1S/C22H17BrN4O3/c23-15-7-8-16-19-12-18(14-6-9-17(24)20(10-14)27(28)29)25-26(19)22(30-21(16)11-15)13-4-2-1-3-5-13/h1-11,19,22H,12,24H2. The van der Waals surface area contributed by atoms with Gasteiger partial charge in [-0.2, -0.15) is 5.10 Å². The van der Waals surface area contributed by atoms with Gasteiger partial charge in [-0.1, -0.05) is 58.4 Å². The van der Waals surface area contributed by atoms with E-state index in [1.807, 2.05) is 53.5 Å². The highest BCUT2D eigenvalue weighted by Crippen LogP contribution is 2.48. The molecule has 0 bridgehead atoms. The molecule has 0 fully saturated rings. The number of halogens is 1. The van der Waals surface area contributed by atoms with Gasteiger partial charge in [0.15, 0.2) is 0 Å². The molecular formula is C22H17BrN4O3.